The molecule has 2 nitrogen and oxygen atoms in total. The summed E-state index contributed by atoms with van der Waals surface area (Å²) in [6.07, 6.45) is 2.85. The molecule has 1 aliphatic rings. The highest BCUT2D eigenvalue weighted by Gasteiger charge is 2.14. The fraction of sp³-hybridized carbons (Fsp3) is 0.222. The van der Waals surface area contributed by atoms with Crippen LogP contribution < -0.4 is 0 Å². The molecule has 0 N–H and O–H groups in total. The Balaban J connectivity index is 2.17. The zero-order valence-corrected chi connectivity index (χ0v) is 6.10. The van der Waals surface area contributed by atoms with Gasteiger partial charge in [0.05, 0.1) is 0 Å². The maximum Gasteiger partial charge on any atom is 0.157 e. The molecule has 0 aromatic heterocycles. The maximum absolute atomic E-state index is 5.11. The molecule has 0 unspecified atom stereocenters. The molecule has 0 aliphatic carbocycles. The lowest BCUT2D eigenvalue weighted by Crippen LogP contribution is -1.94. The Kier molecular flexibility index (Phi) is 1.60. The van der Waals surface area contributed by atoms with Crippen molar-refractivity contribution in [1.29, 1.82) is 0 Å². The number of rotatable bonds is 1. The first kappa shape index (κ1) is 6.40. The molecular formula is C9H9NO. The Morgan fingerprint density at radius 2 is 2.09 bits per heavy atom. The van der Waals surface area contributed by atoms with Crippen molar-refractivity contribution in [2.75, 3.05) is 0 Å². The van der Waals surface area contributed by atoms with E-state index >= 15 is 0 Å². The summed E-state index contributed by atoms with van der Waals surface area (Å²) in [5.74, 6) is 0. The molecule has 1 aliphatic heterocycles. The van der Waals surface area contributed by atoms with E-state index in [0.29, 0.717) is 0 Å². The van der Waals surface area contributed by atoms with E-state index in [2.05, 4.69) is 17.3 Å². The van der Waals surface area contributed by atoms with Gasteiger partial charge in [0, 0.05) is 12.6 Å². The van der Waals surface area contributed by atoms with E-state index in [1.807, 2.05) is 18.2 Å². The molecule has 1 aromatic rings. The average molecular weight is 147 g/mol. The lowest BCUT2D eigenvalue weighted by molar-refractivity contribution is 0.0858. The Morgan fingerprint density at radius 1 is 1.27 bits per heavy atom. The van der Waals surface area contributed by atoms with Crippen molar-refractivity contribution < 1.29 is 4.84 Å². The van der Waals surface area contributed by atoms with Crippen molar-refractivity contribution in [2.45, 2.75) is 12.5 Å². The minimum absolute atomic E-state index is 0.149. The van der Waals surface area contributed by atoms with Gasteiger partial charge in [-0.3, -0.25) is 0 Å². The number of nitrogens with zero attached hydrogens (tertiary/aromatic N) is 1. The van der Waals surface area contributed by atoms with Gasteiger partial charge in [0.2, 0.25) is 0 Å². The van der Waals surface area contributed by atoms with Crippen LogP contribution in [0.3, 0.4) is 0 Å². The average Bonchev–Trinajstić information content (AvgIpc) is 2.58. The second-order valence-electron chi connectivity index (χ2n) is 2.53. The zero-order chi connectivity index (χ0) is 7.52. The standard InChI is InChI=1S/C9H9NO/c1-2-4-8(5-3-1)9-6-7-10-11-9/h1-5,7,9H,6H2/t9-/m0/s1. The molecule has 0 saturated heterocycles. The van der Waals surface area contributed by atoms with E-state index in [1.165, 1.54) is 5.56 Å². The first-order valence-electron chi connectivity index (χ1n) is 3.69. The summed E-state index contributed by atoms with van der Waals surface area (Å²) >= 11 is 0. The third-order valence-corrected chi connectivity index (χ3v) is 1.75. The van der Waals surface area contributed by atoms with Crippen molar-refractivity contribution in [1.82, 2.24) is 0 Å². The van der Waals surface area contributed by atoms with Gasteiger partial charge in [-0.15, -0.1) is 0 Å². The molecule has 2 rings (SSSR count). The second kappa shape index (κ2) is 2.74. The van der Waals surface area contributed by atoms with E-state index in [1.54, 1.807) is 6.21 Å². The number of oxime groups is 1. The van der Waals surface area contributed by atoms with Crippen LogP contribution in [0.2, 0.25) is 0 Å². The molecular weight excluding hydrogens is 138 g/mol. The van der Waals surface area contributed by atoms with Crippen molar-refractivity contribution in [3.05, 3.63) is 35.9 Å². The summed E-state index contributed by atoms with van der Waals surface area (Å²) in [5.41, 5.74) is 1.20. The van der Waals surface area contributed by atoms with E-state index in [0.717, 1.165) is 6.42 Å². The number of benzene rings is 1. The van der Waals surface area contributed by atoms with Gasteiger partial charge < -0.3 is 4.84 Å². The summed E-state index contributed by atoms with van der Waals surface area (Å²) in [4.78, 5) is 5.11. The molecule has 0 fully saturated rings. The Bertz CT molecular complexity index is 248. The van der Waals surface area contributed by atoms with Gasteiger partial charge in [0.25, 0.3) is 0 Å². The summed E-state index contributed by atoms with van der Waals surface area (Å²) in [5, 5.41) is 3.72. The first-order valence-corrected chi connectivity index (χ1v) is 3.69. The van der Waals surface area contributed by atoms with Crippen LogP contribution in [0.4, 0.5) is 0 Å². The fourth-order valence-electron chi connectivity index (χ4n) is 1.16. The van der Waals surface area contributed by atoms with Crippen LogP contribution in [0.25, 0.3) is 0 Å². The van der Waals surface area contributed by atoms with Crippen LogP contribution in [-0.2, 0) is 4.84 Å². The normalized spacial score (nSPS) is 21.6. The molecule has 1 atom stereocenters. The predicted octanol–water partition coefficient (Wildman–Crippen LogP) is 2.13. The lowest BCUT2D eigenvalue weighted by atomic mass is 10.1. The topological polar surface area (TPSA) is 21.6 Å². The molecule has 1 aromatic carbocycles. The summed E-state index contributed by atoms with van der Waals surface area (Å²) in [6.45, 7) is 0. The minimum atomic E-state index is 0.149. The third kappa shape index (κ3) is 1.24. The Labute approximate surface area is 65.5 Å². The van der Waals surface area contributed by atoms with E-state index in [9.17, 15) is 0 Å². The number of hydrogen-bond donors (Lipinski definition) is 0. The molecule has 0 saturated carbocycles. The van der Waals surface area contributed by atoms with Gasteiger partial charge in [0.15, 0.2) is 6.10 Å². The number of hydrogen-bond acceptors (Lipinski definition) is 2. The minimum Gasteiger partial charge on any atom is -0.388 e. The SMILES string of the molecule is C1=NO[C@H](c2ccccc2)C1. The highest BCUT2D eigenvalue weighted by molar-refractivity contribution is 5.59. The maximum atomic E-state index is 5.11. The van der Waals surface area contributed by atoms with Crippen molar-refractivity contribution >= 4 is 6.21 Å². The zero-order valence-electron chi connectivity index (χ0n) is 6.10. The van der Waals surface area contributed by atoms with Crippen LogP contribution >= 0.6 is 0 Å². The van der Waals surface area contributed by atoms with Crippen LogP contribution in [0.1, 0.15) is 18.1 Å². The van der Waals surface area contributed by atoms with Crippen molar-refractivity contribution in [3.63, 3.8) is 0 Å². The highest BCUT2D eigenvalue weighted by Crippen LogP contribution is 2.23. The monoisotopic (exact) mass is 147 g/mol. The van der Waals surface area contributed by atoms with Gasteiger partial charge in [-0.25, -0.2) is 0 Å². The smallest absolute Gasteiger partial charge is 0.157 e. The van der Waals surface area contributed by atoms with Crippen LogP contribution in [0.15, 0.2) is 35.5 Å². The molecule has 0 bridgehead atoms. The second-order valence-corrected chi connectivity index (χ2v) is 2.53. The highest BCUT2D eigenvalue weighted by atomic mass is 16.6. The van der Waals surface area contributed by atoms with Crippen LogP contribution in [0, 0.1) is 0 Å². The fourth-order valence-corrected chi connectivity index (χ4v) is 1.16. The van der Waals surface area contributed by atoms with E-state index < -0.39 is 0 Å². The molecule has 1 heterocycles. The van der Waals surface area contributed by atoms with Crippen molar-refractivity contribution in [2.24, 2.45) is 5.16 Å². The van der Waals surface area contributed by atoms with E-state index in [4.69, 9.17) is 4.84 Å². The van der Waals surface area contributed by atoms with Crippen LogP contribution in [0.5, 0.6) is 0 Å². The molecule has 11 heavy (non-hydrogen) atoms. The lowest BCUT2D eigenvalue weighted by Gasteiger charge is -2.06. The Hall–Kier alpha value is -1.31. The van der Waals surface area contributed by atoms with Gasteiger partial charge in [-0.05, 0) is 5.56 Å². The third-order valence-electron chi connectivity index (χ3n) is 1.75. The molecule has 2 heteroatoms. The van der Waals surface area contributed by atoms with Crippen LogP contribution in [-0.4, -0.2) is 6.21 Å². The summed E-state index contributed by atoms with van der Waals surface area (Å²) in [7, 11) is 0. The van der Waals surface area contributed by atoms with Gasteiger partial charge in [0.1, 0.15) is 0 Å². The molecule has 0 radical (unpaired) electrons. The quantitative estimate of drug-likeness (QED) is 0.596. The molecule has 0 spiro atoms. The van der Waals surface area contributed by atoms with Gasteiger partial charge >= 0.3 is 0 Å². The molecule has 0 amide bonds. The van der Waals surface area contributed by atoms with E-state index in [-0.39, 0.29) is 6.10 Å². The Morgan fingerprint density at radius 3 is 2.73 bits per heavy atom. The van der Waals surface area contributed by atoms with Gasteiger partial charge in [-0.2, -0.15) is 0 Å². The summed E-state index contributed by atoms with van der Waals surface area (Å²) < 4.78 is 0. The summed E-state index contributed by atoms with van der Waals surface area (Å²) in [6, 6.07) is 10.1. The predicted molar refractivity (Wildman–Crippen MR) is 43.4 cm³/mol. The van der Waals surface area contributed by atoms with Crippen molar-refractivity contribution in [3.8, 4) is 0 Å². The van der Waals surface area contributed by atoms with Gasteiger partial charge in [-0.1, -0.05) is 35.5 Å². The first-order chi connectivity index (χ1) is 5.47. The largest absolute Gasteiger partial charge is 0.388 e. The molecule has 56 valence electrons.